The maximum absolute atomic E-state index is 13.7. The van der Waals surface area contributed by atoms with E-state index in [1.54, 1.807) is 56.3 Å². The lowest BCUT2D eigenvalue weighted by molar-refractivity contribution is -0.139. The van der Waals surface area contributed by atoms with Crippen molar-refractivity contribution in [1.82, 2.24) is 4.57 Å². The molecule has 9 heteroatoms. The number of hydrogen-bond donors (Lipinski definition) is 1. The molecular formula is C27H28N2O6S. The number of carbonyl (C=O) groups is 1. The monoisotopic (exact) mass is 508 g/mol. The van der Waals surface area contributed by atoms with Crippen LogP contribution in [0.2, 0.25) is 0 Å². The van der Waals surface area contributed by atoms with Crippen LogP contribution < -0.4 is 24.4 Å². The predicted molar refractivity (Wildman–Crippen MR) is 137 cm³/mol. The van der Waals surface area contributed by atoms with Crippen LogP contribution in [0.5, 0.6) is 17.2 Å². The Bertz CT molecular complexity index is 1520. The normalized spacial score (nSPS) is 15.5. The molecule has 1 aromatic heterocycles. The fourth-order valence-corrected chi connectivity index (χ4v) is 5.10. The van der Waals surface area contributed by atoms with Gasteiger partial charge in [0.15, 0.2) is 16.3 Å². The molecule has 188 valence electrons. The van der Waals surface area contributed by atoms with Crippen LogP contribution in [0.4, 0.5) is 0 Å². The van der Waals surface area contributed by atoms with E-state index >= 15 is 0 Å². The summed E-state index contributed by atoms with van der Waals surface area (Å²) in [4.78, 5) is 31.8. The lowest BCUT2D eigenvalue weighted by Gasteiger charge is -2.25. The Morgan fingerprint density at radius 3 is 2.64 bits per heavy atom. The first-order valence-corrected chi connectivity index (χ1v) is 12.4. The largest absolute Gasteiger partial charge is 0.507 e. The fraction of sp³-hybridized carbons (Fsp3) is 0.296. The van der Waals surface area contributed by atoms with E-state index in [9.17, 15) is 14.7 Å². The molecule has 3 aromatic rings. The van der Waals surface area contributed by atoms with E-state index in [0.717, 1.165) is 0 Å². The molecule has 4 rings (SSSR count). The Balaban J connectivity index is 1.96. The minimum Gasteiger partial charge on any atom is -0.507 e. The van der Waals surface area contributed by atoms with Gasteiger partial charge in [0.2, 0.25) is 0 Å². The molecule has 0 saturated heterocycles. The number of ether oxygens (including phenoxy) is 3. The number of para-hydroxylation sites is 1. The molecule has 1 atom stereocenters. The SMILES string of the molecule is CCOC(=O)C1=C(C)N=c2s/c(=C\c3ccccc3O)c(=O)n2[C@@H]1c1ccc(OC(C)C)c(OC)c1. The van der Waals surface area contributed by atoms with Crippen LogP contribution >= 0.6 is 11.3 Å². The van der Waals surface area contributed by atoms with Gasteiger partial charge in [0, 0.05) is 5.56 Å². The van der Waals surface area contributed by atoms with E-state index in [1.807, 2.05) is 19.9 Å². The Hall–Kier alpha value is -3.85. The fourth-order valence-electron chi connectivity index (χ4n) is 4.06. The summed E-state index contributed by atoms with van der Waals surface area (Å²) in [6.45, 7) is 7.48. The minimum absolute atomic E-state index is 0.0611. The molecule has 0 bridgehead atoms. The van der Waals surface area contributed by atoms with Crippen LogP contribution in [0.3, 0.4) is 0 Å². The zero-order valence-electron chi connectivity index (χ0n) is 20.8. The maximum atomic E-state index is 13.7. The number of esters is 1. The Morgan fingerprint density at radius 2 is 1.97 bits per heavy atom. The van der Waals surface area contributed by atoms with Crippen molar-refractivity contribution in [2.45, 2.75) is 39.8 Å². The molecule has 1 aliphatic heterocycles. The van der Waals surface area contributed by atoms with E-state index < -0.39 is 12.0 Å². The van der Waals surface area contributed by atoms with Gasteiger partial charge in [-0.05, 0) is 57.5 Å². The van der Waals surface area contributed by atoms with E-state index in [4.69, 9.17) is 14.2 Å². The van der Waals surface area contributed by atoms with Crippen molar-refractivity contribution >= 4 is 23.4 Å². The molecule has 2 heterocycles. The summed E-state index contributed by atoms with van der Waals surface area (Å²) in [5.74, 6) is 0.561. The van der Waals surface area contributed by atoms with Gasteiger partial charge in [-0.1, -0.05) is 35.6 Å². The van der Waals surface area contributed by atoms with E-state index in [2.05, 4.69) is 4.99 Å². The molecule has 0 spiro atoms. The Labute approximate surface area is 212 Å². The summed E-state index contributed by atoms with van der Waals surface area (Å²) in [6, 6.07) is 11.3. The molecule has 0 saturated carbocycles. The van der Waals surface area contributed by atoms with E-state index in [0.29, 0.717) is 37.7 Å². The third-order valence-corrected chi connectivity index (χ3v) is 6.59. The number of aromatic nitrogens is 1. The number of thiazole rings is 1. The van der Waals surface area contributed by atoms with Crippen molar-refractivity contribution in [3.63, 3.8) is 0 Å². The van der Waals surface area contributed by atoms with Gasteiger partial charge < -0.3 is 19.3 Å². The first-order chi connectivity index (χ1) is 17.2. The topological polar surface area (TPSA) is 99.4 Å². The number of fused-ring (bicyclic) bond motifs is 1. The molecule has 0 fully saturated rings. The number of aromatic hydroxyl groups is 1. The van der Waals surface area contributed by atoms with Gasteiger partial charge in [-0.15, -0.1) is 0 Å². The summed E-state index contributed by atoms with van der Waals surface area (Å²) >= 11 is 1.19. The number of rotatable bonds is 7. The van der Waals surface area contributed by atoms with Gasteiger partial charge in [0.1, 0.15) is 5.75 Å². The number of carbonyl (C=O) groups excluding carboxylic acids is 1. The van der Waals surface area contributed by atoms with Gasteiger partial charge >= 0.3 is 5.97 Å². The first kappa shape index (κ1) is 25.2. The number of hydrogen-bond acceptors (Lipinski definition) is 8. The molecule has 36 heavy (non-hydrogen) atoms. The highest BCUT2D eigenvalue weighted by Gasteiger charge is 2.34. The second kappa shape index (κ2) is 10.4. The number of nitrogens with zero attached hydrogens (tertiary/aromatic N) is 2. The average molecular weight is 509 g/mol. The summed E-state index contributed by atoms with van der Waals surface area (Å²) in [5, 5.41) is 10.2. The molecule has 0 radical (unpaired) electrons. The van der Waals surface area contributed by atoms with Crippen molar-refractivity contribution < 1.29 is 24.1 Å². The van der Waals surface area contributed by atoms with Gasteiger partial charge in [-0.2, -0.15) is 0 Å². The highest BCUT2D eigenvalue weighted by atomic mass is 32.1. The molecule has 1 N–H and O–H groups in total. The standard InChI is InChI=1S/C27H28N2O6S/c1-6-34-26(32)23-16(4)28-27-29(25(31)22(36-27)14-17-9-7-8-10-19(17)30)24(23)18-11-12-20(35-15(2)3)21(13-18)33-5/h7-15,24,30H,6H2,1-5H3/b22-14-/t24-/m1/s1. The summed E-state index contributed by atoms with van der Waals surface area (Å²) in [5.41, 5.74) is 1.57. The lowest BCUT2D eigenvalue weighted by atomic mass is 9.95. The third kappa shape index (κ3) is 4.79. The molecule has 1 aliphatic rings. The van der Waals surface area contributed by atoms with Gasteiger partial charge in [-0.3, -0.25) is 9.36 Å². The molecular weight excluding hydrogens is 480 g/mol. The lowest BCUT2D eigenvalue weighted by Crippen LogP contribution is -2.40. The molecule has 0 aliphatic carbocycles. The van der Waals surface area contributed by atoms with Crippen molar-refractivity contribution in [1.29, 1.82) is 0 Å². The van der Waals surface area contributed by atoms with Crippen molar-refractivity contribution in [3.8, 4) is 17.2 Å². The number of allylic oxidation sites excluding steroid dienone is 1. The first-order valence-electron chi connectivity index (χ1n) is 11.6. The molecule has 8 nitrogen and oxygen atoms in total. The second-order valence-electron chi connectivity index (χ2n) is 8.44. The third-order valence-electron chi connectivity index (χ3n) is 5.61. The van der Waals surface area contributed by atoms with E-state index in [1.165, 1.54) is 23.0 Å². The Morgan fingerprint density at radius 1 is 1.22 bits per heavy atom. The van der Waals surface area contributed by atoms with Crippen LogP contribution in [-0.4, -0.2) is 35.5 Å². The number of phenolic OH excluding ortho intramolecular Hbond substituents is 1. The zero-order chi connectivity index (χ0) is 26.0. The Kier molecular flexibility index (Phi) is 7.30. The van der Waals surface area contributed by atoms with Gasteiger partial charge in [-0.25, -0.2) is 9.79 Å². The highest BCUT2D eigenvalue weighted by Crippen LogP contribution is 2.36. The average Bonchev–Trinajstić information content (AvgIpc) is 3.14. The predicted octanol–water partition coefficient (Wildman–Crippen LogP) is 3.30. The number of benzene rings is 2. The molecule has 0 unspecified atom stereocenters. The van der Waals surface area contributed by atoms with Gasteiger partial charge in [0.05, 0.1) is 41.7 Å². The summed E-state index contributed by atoms with van der Waals surface area (Å²) < 4.78 is 18.6. The quantitative estimate of drug-likeness (QED) is 0.492. The molecule has 2 aromatic carbocycles. The minimum atomic E-state index is -0.783. The van der Waals surface area contributed by atoms with Crippen LogP contribution in [0, 0.1) is 0 Å². The molecule has 0 amide bonds. The number of phenols is 1. The highest BCUT2D eigenvalue weighted by molar-refractivity contribution is 7.07. The summed E-state index contributed by atoms with van der Waals surface area (Å²) in [6.07, 6.45) is 1.56. The van der Waals surface area contributed by atoms with Crippen LogP contribution in [-0.2, 0) is 9.53 Å². The van der Waals surface area contributed by atoms with Crippen LogP contribution in [0.1, 0.15) is 44.9 Å². The van der Waals surface area contributed by atoms with Crippen molar-refractivity contribution in [3.05, 3.63) is 84.5 Å². The van der Waals surface area contributed by atoms with Crippen LogP contribution in [0.25, 0.3) is 6.08 Å². The van der Waals surface area contributed by atoms with Gasteiger partial charge in [0.25, 0.3) is 5.56 Å². The second-order valence-corrected chi connectivity index (χ2v) is 9.45. The van der Waals surface area contributed by atoms with Crippen LogP contribution in [0.15, 0.2) is 63.5 Å². The van der Waals surface area contributed by atoms with Crippen molar-refractivity contribution in [2.75, 3.05) is 13.7 Å². The zero-order valence-corrected chi connectivity index (χ0v) is 21.6. The maximum Gasteiger partial charge on any atom is 0.338 e. The number of methoxy groups -OCH3 is 1. The summed E-state index contributed by atoms with van der Waals surface area (Å²) in [7, 11) is 1.54. The smallest absolute Gasteiger partial charge is 0.338 e. The van der Waals surface area contributed by atoms with Crippen molar-refractivity contribution in [2.24, 2.45) is 4.99 Å². The van der Waals surface area contributed by atoms with E-state index in [-0.39, 0.29) is 29.6 Å².